The Balaban J connectivity index is 1.62. The van der Waals surface area contributed by atoms with E-state index in [-0.39, 0.29) is 23.0 Å². The molecule has 1 aromatic carbocycles. The number of aliphatic hydroxyl groups excluding tert-OH is 1. The lowest BCUT2D eigenvalue weighted by atomic mass is 10.1. The highest BCUT2D eigenvalue weighted by atomic mass is 32.2. The van der Waals surface area contributed by atoms with Gasteiger partial charge in [-0.1, -0.05) is 18.2 Å². The van der Waals surface area contributed by atoms with Gasteiger partial charge in [0.15, 0.2) is 21.3 Å². The number of ketones is 1. The van der Waals surface area contributed by atoms with E-state index in [9.17, 15) is 13.2 Å². The SMILES string of the molecule is C=CC(N1CCN(CCO)CC1)S(=O)(=O)c1cccc(-c2cnc(N)c(C(=O)c3cccnc3)n2)c1. The molecule has 1 atom stereocenters. The van der Waals surface area contributed by atoms with Crippen molar-refractivity contribution in [2.75, 3.05) is 45.1 Å². The van der Waals surface area contributed by atoms with E-state index >= 15 is 0 Å². The molecule has 188 valence electrons. The number of nitrogens with two attached hydrogens (primary N) is 1. The predicted molar refractivity (Wildman–Crippen MR) is 136 cm³/mol. The molecule has 0 amide bonds. The summed E-state index contributed by atoms with van der Waals surface area (Å²) in [6.07, 6.45) is 5.83. The summed E-state index contributed by atoms with van der Waals surface area (Å²) < 4.78 is 27.2. The number of rotatable bonds is 9. The fourth-order valence-corrected chi connectivity index (χ4v) is 5.86. The maximum atomic E-state index is 13.6. The number of aliphatic hydroxyl groups is 1. The van der Waals surface area contributed by atoms with Crippen LogP contribution in [0.3, 0.4) is 0 Å². The molecule has 0 bridgehead atoms. The van der Waals surface area contributed by atoms with Crippen LogP contribution in [0.2, 0.25) is 0 Å². The van der Waals surface area contributed by atoms with Crippen molar-refractivity contribution in [1.82, 2.24) is 24.8 Å². The fourth-order valence-electron chi connectivity index (χ4n) is 4.17. The Morgan fingerprint density at radius 2 is 1.94 bits per heavy atom. The molecule has 3 N–H and O–H groups in total. The fraction of sp³-hybridized carbons (Fsp3) is 0.280. The van der Waals surface area contributed by atoms with E-state index in [1.807, 2.05) is 4.90 Å². The Morgan fingerprint density at radius 1 is 1.17 bits per heavy atom. The predicted octanol–water partition coefficient (Wildman–Crippen LogP) is 1.25. The summed E-state index contributed by atoms with van der Waals surface area (Å²) in [5, 5.41) is 8.25. The quantitative estimate of drug-likeness (QED) is 0.320. The second-order valence-corrected chi connectivity index (χ2v) is 10.4. The number of aromatic nitrogens is 3. The summed E-state index contributed by atoms with van der Waals surface area (Å²) in [6.45, 7) is 6.82. The van der Waals surface area contributed by atoms with Gasteiger partial charge in [-0.25, -0.2) is 18.4 Å². The third kappa shape index (κ3) is 5.34. The Hall–Kier alpha value is -3.51. The van der Waals surface area contributed by atoms with Gasteiger partial charge in [-0.2, -0.15) is 0 Å². The van der Waals surface area contributed by atoms with E-state index in [2.05, 4.69) is 26.4 Å². The first-order valence-electron chi connectivity index (χ1n) is 11.5. The maximum Gasteiger partial charge on any atom is 0.216 e. The number of nitrogens with zero attached hydrogens (tertiary/aromatic N) is 5. The van der Waals surface area contributed by atoms with Crippen molar-refractivity contribution in [3.63, 3.8) is 0 Å². The highest BCUT2D eigenvalue weighted by molar-refractivity contribution is 7.92. The molecule has 3 heterocycles. The van der Waals surface area contributed by atoms with Crippen LogP contribution in [-0.4, -0.2) is 88.8 Å². The number of benzene rings is 1. The van der Waals surface area contributed by atoms with E-state index < -0.39 is 21.0 Å². The zero-order valence-corrected chi connectivity index (χ0v) is 20.5. The first kappa shape index (κ1) is 25.6. The molecule has 0 saturated carbocycles. The average molecular weight is 509 g/mol. The van der Waals surface area contributed by atoms with Crippen LogP contribution in [0.25, 0.3) is 11.3 Å². The number of β-amino-alcohol motifs (C(OH)–C–C–N with tert-alkyl or cyclic N) is 1. The molecule has 0 aliphatic carbocycles. The summed E-state index contributed by atoms with van der Waals surface area (Å²) in [7, 11) is -3.80. The summed E-state index contributed by atoms with van der Waals surface area (Å²) >= 11 is 0. The zero-order valence-electron chi connectivity index (χ0n) is 19.7. The molecule has 3 aromatic rings. The van der Waals surface area contributed by atoms with Gasteiger partial charge in [-0.05, 0) is 24.3 Å². The van der Waals surface area contributed by atoms with E-state index in [1.165, 1.54) is 30.6 Å². The second kappa shape index (κ2) is 11.0. The van der Waals surface area contributed by atoms with Crippen LogP contribution in [-0.2, 0) is 9.84 Å². The Labute approximate surface area is 210 Å². The van der Waals surface area contributed by atoms with Crippen molar-refractivity contribution in [3.05, 3.63) is 78.9 Å². The van der Waals surface area contributed by atoms with Crippen LogP contribution < -0.4 is 5.73 Å². The van der Waals surface area contributed by atoms with Crippen LogP contribution >= 0.6 is 0 Å². The average Bonchev–Trinajstić information content (AvgIpc) is 2.90. The topological polar surface area (TPSA) is 143 Å². The monoisotopic (exact) mass is 508 g/mol. The first-order chi connectivity index (χ1) is 17.3. The van der Waals surface area contributed by atoms with Gasteiger partial charge >= 0.3 is 0 Å². The number of sulfone groups is 1. The molecular weight excluding hydrogens is 480 g/mol. The molecule has 1 saturated heterocycles. The zero-order chi connectivity index (χ0) is 25.7. The largest absolute Gasteiger partial charge is 0.395 e. The van der Waals surface area contributed by atoms with E-state index in [0.717, 1.165) is 0 Å². The van der Waals surface area contributed by atoms with Crippen molar-refractivity contribution in [2.24, 2.45) is 0 Å². The smallest absolute Gasteiger partial charge is 0.216 e. The van der Waals surface area contributed by atoms with Gasteiger partial charge in [0.1, 0.15) is 5.37 Å². The standard InChI is InChI=1S/C25H28N6O4S/c1-2-22(31-11-9-30(10-12-31)13-14-32)36(34,35)20-7-3-5-18(15-20)21-17-28-25(26)23(29-21)24(33)19-6-4-8-27-16-19/h2-8,15-17,22,32H,1,9-14H2,(H2,26,28). The van der Waals surface area contributed by atoms with Gasteiger partial charge in [0, 0.05) is 56.2 Å². The van der Waals surface area contributed by atoms with Crippen LogP contribution in [0, 0.1) is 0 Å². The molecule has 1 aliphatic rings. The molecule has 0 radical (unpaired) electrons. The van der Waals surface area contributed by atoms with Crippen LogP contribution in [0.4, 0.5) is 5.82 Å². The van der Waals surface area contributed by atoms with Gasteiger partial charge in [0.2, 0.25) is 5.78 Å². The van der Waals surface area contributed by atoms with Crippen LogP contribution in [0.1, 0.15) is 16.1 Å². The molecule has 2 aromatic heterocycles. The Bertz CT molecular complexity index is 1340. The maximum absolute atomic E-state index is 13.6. The lowest BCUT2D eigenvalue weighted by Crippen LogP contribution is -2.52. The number of piperazine rings is 1. The Morgan fingerprint density at radius 3 is 2.61 bits per heavy atom. The van der Waals surface area contributed by atoms with Gasteiger partial charge in [0.05, 0.1) is 23.4 Å². The molecule has 0 spiro atoms. The number of hydrogen-bond acceptors (Lipinski definition) is 10. The highest BCUT2D eigenvalue weighted by Crippen LogP contribution is 2.26. The summed E-state index contributed by atoms with van der Waals surface area (Å²) in [5.74, 6) is -0.450. The van der Waals surface area contributed by atoms with Crippen LogP contribution in [0.5, 0.6) is 0 Å². The third-order valence-electron chi connectivity index (χ3n) is 6.10. The third-order valence-corrected chi connectivity index (χ3v) is 8.14. The van der Waals surface area contributed by atoms with Crippen molar-refractivity contribution in [1.29, 1.82) is 0 Å². The second-order valence-electron chi connectivity index (χ2n) is 8.36. The molecule has 11 heteroatoms. The summed E-state index contributed by atoms with van der Waals surface area (Å²) in [4.78, 5) is 29.4. The molecular formula is C25H28N6O4S. The molecule has 1 unspecified atom stereocenters. The molecule has 1 fully saturated rings. The minimum atomic E-state index is -3.80. The Kier molecular flexibility index (Phi) is 7.85. The normalized spacial score (nSPS) is 15.9. The number of anilines is 1. The van der Waals surface area contributed by atoms with Gasteiger partial charge < -0.3 is 10.8 Å². The summed E-state index contributed by atoms with van der Waals surface area (Å²) in [6, 6.07) is 9.62. The van der Waals surface area contributed by atoms with Crippen LogP contribution in [0.15, 0.2) is 72.5 Å². The molecule has 4 rings (SSSR count). The molecule has 10 nitrogen and oxygen atoms in total. The van der Waals surface area contributed by atoms with E-state index in [0.29, 0.717) is 49.5 Å². The lowest BCUT2D eigenvalue weighted by Gasteiger charge is -2.37. The summed E-state index contributed by atoms with van der Waals surface area (Å²) in [5.41, 5.74) is 7.03. The van der Waals surface area contributed by atoms with Crippen molar-refractivity contribution < 1.29 is 18.3 Å². The van der Waals surface area contributed by atoms with E-state index in [1.54, 1.807) is 30.5 Å². The van der Waals surface area contributed by atoms with Gasteiger partial charge in [-0.3, -0.25) is 19.6 Å². The van der Waals surface area contributed by atoms with Gasteiger partial charge in [-0.15, -0.1) is 6.58 Å². The minimum absolute atomic E-state index is 0.0246. The number of hydrogen-bond donors (Lipinski definition) is 2. The van der Waals surface area contributed by atoms with Crippen molar-refractivity contribution >= 4 is 21.4 Å². The number of nitrogen functional groups attached to an aromatic ring is 1. The number of carbonyl (C=O) groups excluding carboxylic acids is 1. The number of carbonyl (C=O) groups is 1. The molecule has 36 heavy (non-hydrogen) atoms. The van der Waals surface area contributed by atoms with Crippen molar-refractivity contribution in [3.8, 4) is 11.3 Å². The number of pyridine rings is 1. The highest BCUT2D eigenvalue weighted by Gasteiger charge is 2.33. The van der Waals surface area contributed by atoms with Crippen molar-refractivity contribution in [2.45, 2.75) is 10.3 Å². The van der Waals surface area contributed by atoms with Gasteiger partial charge in [0.25, 0.3) is 0 Å². The lowest BCUT2D eigenvalue weighted by molar-refractivity contribution is 0.103. The van der Waals surface area contributed by atoms with E-state index in [4.69, 9.17) is 10.8 Å². The molecule has 1 aliphatic heterocycles. The first-order valence-corrected chi connectivity index (χ1v) is 13.0. The minimum Gasteiger partial charge on any atom is -0.395 e.